The molecule has 0 radical (unpaired) electrons. The quantitative estimate of drug-likeness (QED) is 0.448. The average Bonchev–Trinajstić information content (AvgIpc) is 2.08. The number of carboxylic acids is 1. The summed E-state index contributed by atoms with van der Waals surface area (Å²) in [6.45, 7) is 3.51. The van der Waals surface area contributed by atoms with Gasteiger partial charge in [0.1, 0.15) is 0 Å². The lowest BCUT2D eigenvalue weighted by molar-refractivity contribution is -0.146. The van der Waals surface area contributed by atoms with Gasteiger partial charge in [-0.15, -0.1) is 0 Å². The Bertz CT molecular complexity index is 191. The van der Waals surface area contributed by atoms with Gasteiger partial charge in [-0.1, -0.05) is 21.6 Å². The second-order valence-electron chi connectivity index (χ2n) is 3.85. The van der Waals surface area contributed by atoms with Crippen molar-refractivity contribution in [3.05, 3.63) is 0 Å². The highest BCUT2D eigenvalue weighted by molar-refractivity contribution is 8.76. The molecule has 0 aliphatic heterocycles. The number of hydrogen-bond acceptors (Lipinski definition) is 5. The third-order valence-corrected chi connectivity index (χ3v) is 4.08. The van der Waals surface area contributed by atoms with E-state index in [1.54, 1.807) is 24.6 Å². The molecule has 6 heteroatoms. The van der Waals surface area contributed by atoms with Crippen LogP contribution in [-0.2, 0) is 4.79 Å². The first kappa shape index (κ1) is 15.1. The second-order valence-corrected chi connectivity index (χ2v) is 6.55. The predicted molar refractivity (Wildman–Crippen MR) is 64.1 cm³/mol. The first-order valence-corrected chi connectivity index (χ1v) is 7.19. The zero-order valence-corrected chi connectivity index (χ0v) is 10.6. The lowest BCUT2D eigenvalue weighted by Gasteiger charge is -2.15. The zero-order valence-electron chi connectivity index (χ0n) is 8.97. The molecule has 0 bridgehead atoms. The van der Waals surface area contributed by atoms with E-state index in [9.17, 15) is 9.90 Å². The van der Waals surface area contributed by atoms with E-state index < -0.39 is 17.7 Å². The SMILES string of the molecule is CC(C)(O)CCSSCCC(O)C(=O)O. The van der Waals surface area contributed by atoms with Crippen molar-refractivity contribution in [1.29, 1.82) is 0 Å². The molecule has 0 spiro atoms. The standard InChI is InChI=1S/C9H18O4S2/c1-9(2,13)4-6-15-14-5-3-7(10)8(11)12/h7,10,13H,3-6H2,1-2H3,(H,11,12). The summed E-state index contributed by atoms with van der Waals surface area (Å²) in [5, 5.41) is 26.7. The average molecular weight is 254 g/mol. The number of hydrogen-bond donors (Lipinski definition) is 3. The number of carbonyl (C=O) groups is 1. The van der Waals surface area contributed by atoms with Gasteiger partial charge in [0, 0.05) is 11.5 Å². The van der Waals surface area contributed by atoms with E-state index >= 15 is 0 Å². The number of carboxylic acid groups (broad SMARTS) is 1. The van der Waals surface area contributed by atoms with Crippen LogP contribution in [0.3, 0.4) is 0 Å². The lowest BCUT2D eigenvalue weighted by Crippen LogP contribution is -2.20. The largest absolute Gasteiger partial charge is 0.479 e. The molecule has 0 saturated carbocycles. The van der Waals surface area contributed by atoms with E-state index in [2.05, 4.69) is 0 Å². The maximum atomic E-state index is 10.3. The maximum Gasteiger partial charge on any atom is 0.332 e. The summed E-state index contributed by atoms with van der Waals surface area (Å²) < 4.78 is 0. The van der Waals surface area contributed by atoms with E-state index in [-0.39, 0.29) is 6.42 Å². The molecule has 0 rings (SSSR count). The van der Waals surface area contributed by atoms with Crippen LogP contribution in [0.5, 0.6) is 0 Å². The summed E-state index contributed by atoms with van der Waals surface area (Å²) in [4.78, 5) is 10.3. The van der Waals surface area contributed by atoms with Crippen molar-refractivity contribution >= 4 is 27.6 Å². The molecule has 1 unspecified atom stereocenters. The van der Waals surface area contributed by atoms with Gasteiger partial charge in [-0.2, -0.15) is 0 Å². The van der Waals surface area contributed by atoms with E-state index in [1.807, 2.05) is 0 Å². The van der Waals surface area contributed by atoms with Gasteiger partial charge in [-0.05, 0) is 26.7 Å². The van der Waals surface area contributed by atoms with Gasteiger partial charge >= 0.3 is 5.97 Å². The van der Waals surface area contributed by atoms with Crippen LogP contribution in [0.4, 0.5) is 0 Å². The fourth-order valence-corrected chi connectivity index (χ4v) is 3.08. The van der Waals surface area contributed by atoms with Gasteiger partial charge in [0.05, 0.1) is 5.60 Å². The highest BCUT2D eigenvalue weighted by atomic mass is 33.1. The maximum absolute atomic E-state index is 10.3. The third kappa shape index (κ3) is 10.4. The highest BCUT2D eigenvalue weighted by Gasteiger charge is 2.13. The summed E-state index contributed by atoms with van der Waals surface area (Å²) in [5.74, 6) is 0.249. The van der Waals surface area contributed by atoms with Crippen LogP contribution in [0.25, 0.3) is 0 Å². The molecule has 1 atom stereocenters. The van der Waals surface area contributed by atoms with E-state index in [1.165, 1.54) is 10.8 Å². The second kappa shape index (κ2) is 7.38. The number of aliphatic hydroxyl groups excluding tert-OH is 1. The van der Waals surface area contributed by atoms with Gasteiger partial charge in [-0.25, -0.2) is 4.79 Å². The van der Waals surface area contributed by atoms with Crippen LogP contribution < -0.4 is 0 Å². The molecule has 0 heterocycles. The van der Waals surface area contributed by atoms with Crippen LogP contribution in [0.15, 0.2) is 0 Å². The molecular weight excluding hydrogens is 236 g/mol. The molecule has 0 fully saturated rings. The minimum absolute atomic E-state index is 0.259. The Balaban J connectivity index is 3.29. The van der Waals surface area contributed by atoms with Crippen LogP contribution in [0.2, 0.25) is 0 Å². The van der Waals surface area contributed by atoms with Crippen molar-refractivity contribution in [3.8, 4) is 0 Å². The Morgan fingerprint density at radius 3 is 2.33 bits per heavy atom. The summed E-state index contributed by atoms with van der Waals surface area (Å²) in [7, 11) is 3.11. The molecule has 0 aromatic rings. The number of rotatable bonds is 8. The van der Waals surface area contributed by atoms with Crippen LogP contribution in [0.1, 0.15) is 26.7 Å². The van der Waals surface area contributed by atoms with Crippen LogP contribution in [-0.4, -0.2) is 44.5 Å². The molecule has 3 N–H and O–H groups in total. The first-order valence-electron chi connectivity index (χ1n) is 4.70. The molecule has 0 saturated heterocycles. The summed E-state index contributed by atoms with van der Waals surface area (Å²) in [5.41, 5.74) is -0.645. The highest BCUT2D eigenvalue weighted by Crippen LogP contribution is 2.25. The molecule has 0 aliphatic rings. The molecule has 0 aromatic heterocycles. The molecule has 0 aliphatic carbocycles. The van der Waals surface area contributed by atoms with E-state index in [0.29, 0.717) is 12.2 Å². The van der Waals surface area contributed by atoms with Gasteiger partial charge in [0.15, 0.2) is 6.10 Å². The van der Waals surface area contributed by atoms with Gasteiger partial charge in [-0.3, -0.25) is 0 Å². The molecule has 0 aromatic carbocycles. The Hall–Kier alpha value is 0.0900. The molecule has 0 amide bonds. The monoisotopic (exact) mass is 254 g/mol. The van der Waals surface area contributed by atoms with Crippen molar-refractivity contribution in [1.82, 2.24) is 0 Å². The van der Waals surface area contributed by atoms with Gasteiger partial charge in [0.2, 0.25) is 0 Å². The third-order valence-electron chi connectivity index (χ3n) is 1.64. The van der Waals surface area contributed by atoms with Crippen molar-refractivity contribution in [2.45, 2.75) is 38.4 Å². The normalized spacial score (nSPS) is 13.9. The van der Waals surface area contributed by atoms with Crippen LogP contribution >= 0.6 is 21.6 Å². The van der Waals surface area contributed by atoms with Crippen LogP contribution in [0, 0.1) is 0 Å². The number of aliphatic carboxylic acids is 1. The molecule has 90 valence electrons. The minimum Gasteiger partial charge on any atom is -0.479 e. The smallest absolute Gasteiger partial charge is 0.332 e. The molecular formula is C9H18O4S2. The Morgan fingerprint density at radius 1 is 1.33 bits per heavy atom. The molecule has 4 nitrogen and oxygen atoms in total. The Morgan fingerprint density at radius 2 is 1.87 bits per heavy atom. The summed E-state index contributed by atoms with van der Waals surface area (Å²) >= 11 is 0. The fraction of sp³-hybridized carbons (Fsp3) is 0.889. The fourth-order valence-electron chi connectivity index (χ4n) is 0.693. The Kier molecular flexibility index (Phi) is 7.42. The van der Waals surface area contributed by atoms with E-state index in [4.69, 9.17) is 10.2 Å². The van der Waals surface area contributed by atoms with Crippen molar-refractivity contribution in [2.24, 2.45) is 0 Å². The topological polar surface area (TPSA) is 77.8 Å². The van der Waals surface area contributed by atoms with Crippen molar-refractivity contribution in [2.75, 3.05) is 11.5 Å². The van der Waals surface area contributed by atoms with E-state index in [0.717, 1.165) is 5.75 Å². The zero-order chi connectivity index (χ0) is 11.9. The van der Waals surface area contributed by atoms with Crippen molar-refractivity contribution in [3.63, 3.8) is 0 Å². The molecule has 15 heavy (non-hydrogen) atoms. The lowest BCUT2D eigenvalue weighted by atomic mass is 10.1. The summed E-state index contributed by atoms with van der Waals surface area (Å²) in [6.07, 6.45) is -0.297. The van der Waals surface area contributed by atoms with Gasteiger partial charge in [0.25, 0.3) is 0 Å². The van der Waals surface area contributed by atoms with Gasteiger partial charge < -0.3 is 15.3 Å². The first-order chi connectivity index (χ1) is 6.83. The Labute approximate surface area is 97.8 Å². The van der Waals surface area contributed by atoms with Crippen molar-refractivity contribution < 1.29 is 20.1 Å². The number of aliphatic hydroxyl groups is 2. The predicted octanol–water partition coefficient (Wildman–Crippen LogP) is 1.36. The summed E-state index contributed by atoms with van der Waals surface area (Å²) in [6, 6.07) is 0. The minimum atomic E-state index is -1.26.